The number of carboxylic acids is 1. The maximum atomic E-state index is 10.9. The smallest absolute Gasteiger partial charge is 0.303 e. The number of aryl methyl sites for hydroxylation is 1. The van der Waals surface area contributed by atoms with Crippen molar-refractivity contribution in [1.29, 1.82) is 0 Å². The van der Waals surface area contributed by atoms with Gasteiger partial charge in [-0.15, -0.1) is 0 Å². The van der Waals surface area contributed by atoms with Gasteiger partial charge < -0.3 is 20.1 Å². The number of benzene rings is 3. The topological polar surface area (TPSA) is 88.9 Å². The molecule has 0 saturated carbocycles. The summed E-state index contributed by atoms with van der Waals surface area (Å²) in [5.41, 5.74) is 5.63. The number of nitrogens with zero attached hydrogens (tertiary/aromatic N) is 2. The number of aliphatic carboxylic acids is 1. The second-order valence-electron chi connectivity index (χ2n) is 8.81. The summed E-state index contributed by atoms with van der Waals surface area (Å²) in [7, 11) is 4.10. The molecule has 3 N–H and O–H groups in total. The fourth-order valence-corrected chi connectivity index (χ4v) is 4.18. The van der Waals surface area contributed by atoms with Crippen molar-refractivity contribution >= 4 is 39.9 Å². The van der Waals surface area contributed by atoms with Crippen molar-refractivity contribution in [2.75, 3.05) is 20.6 Å². The van der Waals surface area contributed by atoms with Crippen molar-refractivity contribution in [1.82, 2.24) is 9.88 Å². The molecule has 0 aliphatic rings. The summed E-state index contributed by atoms with van der Waals surface area (Å²) in [6, 6.07) is 21.2. The van der Waals surface area contributed by atoms with Gasteiger partial charge in [0.15, 0.2) is 5.88 Å². The maximum absolute atomic E-state index is 10.9. The standard InChI is InChI=1S/C28H28ClN3O3/c1-32(2)15-14-19-4-3-5-22(16-19)30-27(20-9-6-18(7-10-20)8-13-25(33)34)26-23-12-11-21(29)17-24(23)31-28(26)35/h3-7,9-12,16-17,31,35H,8,13-15H2,1-2H3,(H,33,34). The molecule has 0 aliphatic carbocycles. The van der Waals surface area contributed by atoms with Gasteiger partial charge in [0.2, 0.25) is 0 Å². The molecule has 1 heterocycles. The average molecular weight is 490 g/mol. The predicted molar refractivity (Wildman–Crippen MR) is 141 cm³/mol. The number of aromatic amines is 1. The summed E-state index contributed by atoms with van der Waals surface area (Å²) in [5.74, 6) is -0.812. The van der Waals surface area contributed by atoms with Gasteiger partial charge in [-0.05, 0) is 62.3 Å². The number of aromatic hydroxyl groups is 1. The molecule has 7 heteroatoms. The van der Waals surface area contributed by atoms with Gasteiger partial charge in [0.25, 0.3) is 0 Å². The molecular formula is C28H28ClN3O3. The molecular weight excluding hydrogens is 462 g/mol. The number of aliphatic imine (C=N–C) groups is 1. The lowest BCUT2D eigenvalue weighted by molar-refractivity contribution is -0.136. The van der Waals surface area contributed by atoms with Crippen LogP contribution in [0.1, 0.15) is 28.7 Å². The van der Waals surface area contributed by atoms with Crippen LogP contribution in [0.5, 0.6) is 5.88 Å². The van der Waals surface area contributed by atoms with Crippen LogP contribution in [-0.2, 0) is 17.6 Å². The molecule has 0 unspecified atom stereocenters. The van der Waals surface area contributed by atoms with E-state index in [1.54, 1.807) is 12.1 Å². The molecule has 0 spiro atoms. The van der Waals surface area contributed by atoms with Crippen molar-refractivity contribution in [3.63, 3.8) is 0 Å². The highest BCUT2D eigenvalue weighted by atomic mass is 35.5. The van der Waals surface area contributed by atoms with Crippen LogP contribution in [0.4, 0.5) is 5.69 Å². The van der Waals surface area contributed by atoms with E-state index in [-0.39, 0.29) is 12.3 Å². The number of hydrogen-bond donors (Lipinski definition) is 3. The van der Waals surface area contributed by atoms with Gasteiger partial charge >= 0.3 is 5.97 Å². The highest BCUT2D eigenvalue weighted by molar-refractivity contribution is 6.31. The first-order valence-corrected chi connectivity index (χ1v) is 11.8. The summed E-state index contributed by atoms with van der Waals surface area (Å²) in [6.07, 6.45) is 1.43. The fraction of sp³-hybridized carbons (Fsp3) is 0.214. The Morgan fingerprint density at radius 2 is 1.77 bits per heavy atom. The van der Waals surface area contributed by atoms with E-state index < -0.39 is 5.97 Å². The number of halogens is 1. The van der Waals surface area contributed by atoms with Crippen molar-refractivity contribution < 1.29 is 15.0 Å². The SMILES string of the molecule is CN(C)CCc1cccc(N=C(c2ccc(CCC(=O)O)cc2)c2c(O)[nH]c3cc(Cl)ccc23)c1. The molecule has 35 heavy (non-hydrogen) atoms. The summed E-state index contributed by atoms with van der Waals surface area (Å²) >= 11 is 6.17. The third-order valence-electron chi connectivity index (χ3n) is 5.83. The molecule has 0 atom stereocenters. The minimum Gasteiger partial charge on any atom is -0.494 e. The van der Waals surface area contributed by atoms with E-state index in [0.717, 1.165) is 40.7 Å². The largest absolute Gasteiger partial charge is 0.494 e. The molecule has 0 amide bonds. The van der Waals surface area contributed by atoms with Crippen molar-refractivity contribution in [3.05, 3.63) is 94.0 Å². The van der Waals surface area contributed by atoms with Crippen LogP contribution in [0.2, 0.25) is 5.02 Å². The van der Waals surface area contributed by atoms with E-state index in [9.17, 15) is 9.90 Å². The highest BCUT2D eigenvalue weighted by Gasteiger charge is 2.19. The normalized spacial score (nSPS) is 11.9. The molecule has 0 fully saturated rings. The van der Waals surface area contributed by atoms with Crippen molar-refractivity contribution in [2.24, 2.45) is 4.99 Å². The number of rotatable bonds is 9. The Morgan fingerprint density at radius 3 is 2.49 bits per heavy atom. The third-order valence-corrected chi connectivity index (χ3v) is 6.07. The van der Waals surface area contributed by atoms with Crippen LogP contribution in [0.3, 0.4) is 0 Å². The molecule has 1 aromatic heterocycles. The van der Waals surface area contributed by atoms with E-state index in [0.29, 0.717) is 22.7 Å². The van der Waals surface area contributed by atoms with Crippen LogP contribution in [0.25, 0.3) is 10.9 Å². The molecule has 0 aliphatic heterocycles. The quantitative estimate of drug-likeness (QED) is 0.258. The van der Waals surface area contributed by atoms with Gasteiger partial charge in [0, 0.05) is 28.9 Å². The Morgan fingerprint density at radius 1 is 1.00 bits per heavy atom. The first kappa shape index (κ1) is 24.5. The van der Waals surface area contributed by atoms with Gasteiger partial charge in [-0.2, -0.15) is 0 Å². The first-order valence-electron chi connectivity index (χ1n) is 11.4. The van der Waals surface area contributed by atoms with E-state index >= 15 is 0 Å². The van der Waals surface area contributed by atoms with Crippen LogP contribution >= 0.6 is 11.6 Å². The summed E-state index contributed by atoms with van der Waals surface area (Å²) < 4.78 is 0. The summed E-state index contributed by atoms with van der Waals surface area (Å²) in [6.45, 7) is 0.932. The number of aromatic nitrogens is 1. The van der Waals surface area contributed by atoms with Gasteiger partial charge in [0.1, 0.15) is 0 Å². The number of H-pyrrole nitrogens is 1. The van der Waals surface area contributed by atoms with E-state index in [4.69, 9.17) is 21.7 Å². The number of nitrogens with one attached hydrogen (secondary N) is 1. The molecule has 6 nitrogen and oxygen atoms in total. The second kappa shape index (κ2) is 10.8. The molecule has 3 aromatic carbocycles. The van der Waals surface area contributed by atoms with Crippen molar-refractivity contribution in [2.45, 2.75) is 19.3 Å². The molecule has 4 aromatic rings. The van der Waals surface area contributed by atoms with Crippen LogP contribution in [0.15, 0.2) is 71.7 Å². The minimum atomic E-state index is -0.826. The Kier molecular flexibility index (Phi) is 7.54. The number of likely N-dealkylation sites (N-methyl/N-ethyl adjacent to an activating group) is 1. The van der Waals surface area contributed by atoms with Crippen LogP contribution < -0.4 is 0 Å². The molecule has 0 radical (unpaired) electrons. The average Bonchev–Trinajstić information content (AvgIpc) is 3.15. The van der Waals surface area contributed by atoms with E-state index in [2.05, 4.69) is 22.0 Å². The summed E-state index contributed by atoms with van der Waals surface area (Å²) in [4.78, 5) is 21.1. The van der Waals surface area contributed by atoms with E-state index in [1.165, 1.54) is 5.56 Å². The Bertz CT molecular complexity index is 1370. The predicted octanol–water partition coefficient (Wildman–Crippen LogP) is 5.82. The zero-order valence-corrected chi connectivity index (χ0v) is 20.5. The Hall–Kier alpha value is -3.61. The Labute approximate surface area is 209 Å². The van der Waals surface area contributed by atoms with E-state index in [1.807, 2.05) is 56.6 Å². The molecule has 0 saturated heterocycles. The summed E-state index contributed by atoms with van der Waals surface area (Å²) in [5, 5.41) is 21.2. The highest BCUT2D eigenvalue weighted by Crippen LogP contribution is 2.33. The zero-order valence-electron chi connectivity index (χ0n) is 19.8. The lowest BCUT2D eigenvalue weighted by Crippen LogP contribution is -2.14. The molecule has 0 bridgehead atoms. The number of hydrogen-bond acceptors (Lipinski definition) is 4. The zero-order chi connectivity index (χ0) is 24.9. The minimum absolute atomic E-state index is 0.0136. The number of fused-ring (bicyclic) bond motifs is 1. The third kappa shape index (κ3) is 6.10. The van der Waals surface area contributed by atoms with Gasteiger partial charge in [-0.25, -0.2) is 4.99 Å². The molecule has 4 rings (SSSR count). The lowest BCUT2D eigenvalue weighted by atomic mass is 9.98. The van der Waals surface area contributed by atoms with Gasteiger partial charge in [0.05, 0.1) is 22.5 Å². The van der Waals surface area contributed by atoms with Crippen LogP contribution in [-0.4, -0.2) is 52.4 Å². The monoisotopic (exact) mass is 489 g/mol. The first-order chi connectivity index (χ1) is 16.8. The van der Waals surface area contributed by atoms with Crippen LogP contribution in [0, 0.1) is 0 Å². The van der Waals surface area contributed by atoms with Crippen molar-refractivity contribution in [3.8, 4) is 5.88 Å². The molecule has 180 valence electrons. The lowest BCUT2D eigenvalue weighted by Gasteiger charge is -2.11. The second-order valence-corrected chi connectivity index (χ2v) is 9.25. The number of carbonyl (C=O) groups is 1. The fourth-order valence-electron chi connectivity index (χ4n) is 4.00. The van der Waals surface area contributed by atoms with Gasteiger partial charge in [-0.3, -0.25) is 4.79 Å². The maximum Gasteiger partial charge on any atom is 0.303 e. The Balaban J connectivity index is 1.80. The number of carboxylic acid groups (broad SMARTS) is 1. The van der Waals surface area contributed by atoms with Gasteiger partial charge in [-0.1, -0.05) is 54.1 Å².